The van der Waals surface area contributed by atoms with Crippen molar-refractivity contribution in [2.45, 2.75) is 33.1 Å². The van der Waals surface area contributed by atoms with Crippen molar-refractivity contribution < 1.29 is 0 Å². The fraction of sp³-hybridized carbons (Fsp3) is 0.0794. The summed E-state index contributed by atoms with van der Waals surface area (Å²) in [6.45, 7) is 8.64. The van der Waals surface area contributed by atoms with Crippen LogP contribution in [0.5, 0.6) is 0 Å². The molecule has 10 aromatic rings. The summed E-state index contributed by atoms with van der Waals surface area (Å²) in [5, 5.41) is 2.51. The van der Waals surface area contributed by atoms with Gasteiger partial charge in [-0.15, -0.1) is 0 Å². The molecule has 12 rings (SSSR count). The first kappa shape index (κ1) is 38.7. The molecule has 0 saturated carbocycles. The van der Waals surface area contributed by atoms with Crippen molar-refractivity contribution in [2.75, 3.05) is 9.80 Å². The van der Waals surface area contributed by atoms with Crippen LogP contribution in [0.15, 0.2) is 218 Å². The molecule has 2 nitrogen and oxygen atoms in total. The molecule has 10 aromatic carbocycles. The smallest absolute Gasteiger partial charge is 0.0727 e. The van der Waals surface area contributed by atoms with Gasteiger partial charge in [0.15, 0.2) is 0 Å². The predicted octanol–water partition coefficient (Wildman–Crippen LogP) is 17.0. The Hall–Kier alpha value is -7.94. The molecule has 0 fully saturated rings. The minimum absolute atomic E-state index is 0.718. The fourth-order valence-electron chi connectivity index (χ4n) is 10.8. The van der Waals surface area contributed by atoms with Gasteiger partial charge in [0.25, 0.3) is 0 Å². The second kappa shape index (κ2) is 15.1. The molecule has 0 aliphatic heterocycles. The molecule has 0 aromatic heterocycles. The van der Waals surface area contributed by atoms with Crippen LogP contribution in [0, 0.1) is 27.7 Å². The molecule has 310 valence electrons. The lowest BCUT2D eigenvalue weighted by molar-refractivity contribution is 0.776. The van der Waals surface area contributed by atoms with Gasteiger partial charge in [-0.2, -0.15) is 0 Å². The van der Waals surface area contributed by atoms with Gasteiger partial charge in [0.1, 0.15) is 0 Å². The Balaban J connectivity index is 1.23. The summed E-state index contributed by atoms with van der Waals surface area (Å²) in [6, 6.07) is 82.3. The Kier molecular flexibility index (Phi) is 9.00. The average molecular weight is 833 g/mol. The van der Waals surface area contributed by atoms with E-state index in [-0.39, 0.29) is 0 Å². The second-order valence-corrected chi connectivity index (χ2v) is 18.0. The third-order valence-corrected chi connectivity index (χ3v) is 13.9. The maximum atomic E-state index is 2.52. The lowest BCUT2D eigenvalue weighted by Gasteiger charge is -2.37. The first-order valence-corrected chi connectivity index (χ1v) is 22.7. The molecule has 1 spiro atoms. The highest BCUT2D eigenvalue weighted by molar-refractivity contribution is 6.07. The molecular weight excluding hydrogens is 785 g/mol. The third kappa shape index (κ3) is 6.09. The quantitative estimate of drug-likeness (QED) is 0.165. The van der Waals surface area contributed by atoms with Crippen LogP contribution in [0.25, 0.3) is 44.2 Å². The lowest BCUT2D eigenvalue weighted by atomic mass is 9.65. The van der Waals surface area contributed by atoms with E-state index in [1.54, 1.807) is 0 Å². The zero-order valence-electron chi connectivity index (χ0n) is 37.2. The Bertz CT molecular complexity index is 3190. The van der Waals surface area contributed by atoms with Crippen LogP contribution in [0.4, 0.5) is 34.1 Å². The highest BCUT2D eigenvalue weighted by atomic mass is 15.1. The standard InChI is InChI=1S/C63H48N2/c1-41-17-26-46(27-18-41)64(47-28-19-42(2)20-29-47)50-34-36-55-53-13-7-8-14-54(53)56-37-35-51(65(48-30-21-43(3)22-31-48)49-32-23-44(4)24-33-49)40-61(56)63(60(55)39-50)58-16-10-9-15-57(58)62-52-12-6-5-11-45(52)25-38-59(62)63/h5-40H,1-4H3. The van der Waals surface area contributed by atoms with Gasteiger partial charge >= 0.3 is 0 Å². The number of fused-ring (bicyclic) bond motifs is 14. The summed E-state index contributed by atoms with van der Waals surface area (Å²) in [5.74, 6) is 0. The zero-order chi connectivity index (χ0) is 43.8. The van der Waals surface area contributed by atoms with Gasteiger partial charge in [-0.05, 0) is 167 Å². The van der Waals surface area contributed by atoms with E-state index in [1.165, 1.54) is 88.7 Å². The maximum Gasteiger partial charge on any atom is 0.0727 e. The van der Waals surface area contributed by atoms with Crippen LogP contribution in [0.1, 0.15) is 44.5 Å². The van der Waals surface area contributed by atoms with Crippen molar-refractivity contribution in [3.8, 4) is 33.4 Å². The fourth-order valence-corrected chi connectivity index (χ4v) is 10.8. The minimum Gasteiger partial charge on any atom is -0.310 e. The number of anilines is 6. The molecular formula is C63H48N2. The van der Waals surface area contributed by atoms with Crippen molar-refractivity contribution in [1.29, 1.82) is 0 Å². The van der Waals surface area contributed by atoms with E-state index in [2.05, 4.69) is 256 Å². The Morgan fingerprint density at radius 1 is 0.277 bits per heavy atom. The molecule has 0 radical (unpaired) electrons. The van der Waals surface area contributed by atoms with Crippen LogP contribution in [-0.4, -0.2) is 0 Å². The van der Waals surface area contributed by atoms with Crippen molar-refractivity contribution in [1.82, 2.24) is 0 Å². The first-order chi connectivity index (χ1) is 31.9. The first-order valence-electron chi connectivity index (χ1n) is 22.7. The van der Waals surface area contributed by atoms with Crippen molar-refractivity contribution in [2.24, 2.45) is 0 Å². The van der Waals surface area contributed by atoms with Crippen LogP contribution < -0.4 is 9.80 Å². The molecule has 2 heteroatoms. The van der Waals surface area contributed by atoms with E-state index in [0.29, 0.717) is 0 Å². The van der Waals surface area contributed by atoms with E-state index in [4.69, 9.17) is 0 Å². The monoisotopic (exact) mass is 832 g/mol. The highest BCUT2D eigenvalue weighted by Gasteiger charge is 2.50. The highest BCUT2D eigenvalue weighted by Crippen LogP contribution is 2.63. The van der Waals surface area contributed by atoms with E-state index in [0.717, 1.165) is 34.1 Å². The molecule has 0 bridgehead atoms. The molecule has 0 atom stereocenters. The SMILES string of the molecule is Cc1ccc(N(c2ccc(C)cc2)c2ccc3c(c2)C2(c4cc(N(c5ccc(C)cc5)c5ccc(C)cc5)ccc4-c4ccccc4-3)c3ccccc3-c3c2ccc2ccccc32)cc1. The summed E-state index contributed by atoms with van der Waals surface area (Å²) in [5.41, 5.74) is 23.6. The molecule has 2 aliphatic rings. The topological polar surface area (TPSA) is 6.48 Å². The summed E-state index contributed by atoms with van der Waals surface area (Å²) in [4.78, 5) is 4.86. The van der Waals surface area contributed by atoms with Crippen LogP contribution >= 0.6 is 0 Å². The molecule has 0 saturated heterocycles. The summed E-state index contributed by atoms with van der Waals surface area (Å²) in [7, 11) is 0. The minimum atomic E-state index is -0.718. The van der Waals surface area contributed by atoms with Gasteiger partial charge < -0.3 is 9.80 Å². The van der Waals surface area contributed by atoms with Gasteiger partial charge in [-0.25, -0.2) is 0 Å². The van der Waals surface area contributed by atoms with Crippen molar-refractivity contribution in [3.05, 3.63) is 263 Å². The Labute approximate surface area is 382 Å². The average Bonchev–Trinajstić information content (AvgIpc) is 3.60. The number of aryl methyl sites for hydroxylation is 4. The van der Waals surface area contributed by atoms with E-state index < -0.39 is 5.41 Å². The Morgan fingerprint density at radius 2 is 0.662 bits per heavy atom. The summed E-state index contributed by atoms with van der Waals surface area (Å²) < 4.78 is 0. The number of nitrogens with zero attached hydrogens (tertiary/aromatic N) is 2. The van der Waals surface area contributed by atoms with Crippen LogP contribution in [0.3, 0.4) is 0 Å². The number of benzene rings is 10. The van der Waals surface area contributed by atoms with Gasteiger partial charge in [0.05, 0.1) is 5.41 Å². The van der Waals surface area contributed by atoms with Crippen LogP contribution in [-0.2, 0) is 5.41 Å². The zero-order valence-corrected chi connectivity index (χ0v) is 37.2. The summed E-state index contributed by atoms with van der Waals surface area (Å²) in [6.07, 6.45) is 0. The second-order valence-electron chi connectivity index (χ2n) is 18.0. The normalized spacial score (nSPS) is 12.7. The van der Waals surface area contributed by atoms with E-state index in [9.17, 15) is 0 Å². The molecule has 65 heavy (non-hydrogen) atoms. The molecule has 0 N–H and O–H groups in total. The molecule has 0 unspecified atom stereocenters. The predicted molar refractivity (Wildman–Crippen MR) is 274 cm³/mol. The van der Waals surface area contributed by atoms with Gasteiger partial charge in [0.2, 0.25) is 0 Å². The van der Waals surface area contributed by atoms with Crippen molar-refractivity contribution in [3.63, 3.8) is 0 Å². The largest absolute Gasteiger partial charge is 0.310 e. The van der Waals surface area contributed by atoms with Gasteiger partial charge in [-0.1, -0.05) is 168 Å². The van der Waals surface area contributed by atoms with Gasteiger partial charge in [-0.3, -0.25) is 0 Å². The summed E-state index contributed by atoms with van der Waals surface area (Å²) >= 11 is 0. The molecule has 0 amide bonds. The van der Waals surface area contributed by atoms with Crippen molar-refractivity contribution >= 4 is 44.9 Å². The number of rotatable bonds is 6. The van der Waals surface area contributed by atoms with E-state index in [1.807, 2.05) is 0 Å². The number of hydrogen-bond acceptors (Lipinski definition) is 2. The maximum absolute atomic E-state index is 2.52. The lowest BCUT2D eigenvalue weighted by Crippen LogP contribution is -2.30. The molecule has 2 aliphatic carbocycles. The van der Waals surface area contributed by atoms with Crippen LogP contribution in [0.2, 0.25) is 0 Å². The molecule has 0 heterocycles. The third-order valence-electron chi connectivity index (χ3n) is 13.9. The Morgan fingerprint density at radius 3 is 1.12 bits per heavy atom. The number of hydrogen-bond donors (Lipinski definition) is 0. The van der Waals surface area contributed by atoms with E-state index >= 15 is 0 Å². The van der Waals surface area contributed by atoms with Gasteiger partial charge in [0, 0.05) is 34.1 Å².